The molecule has 0 saturated carbocycles. The average molecular weight is 286 g/mol. The molecule has 0 unspecified atom stereocenters. The molecule has 0 bridgehead atoms. The Bertz CT molecular complexity index is 516. The molecule has 0 aliphatic heterocycles. The molecule has 0 amide bonds. The van der Waals surface area contributed by atoms with Gasteiger partial charge in [-0.1, -0.05) is 30.3 Å². The van der Waals surface area contributed by atoms with E-state index in [2.05, 4.69) is 4.74 Å². The molecular formula is C12H18N2O4S. The van der Waals surface area contributed by atoms with Gasteiger partial charge in [-0.05, 0) is 5.56 Å². The Hall–Kier alpha value is -1.44. The normalized spacial score (nSPS) is 11.8. The quantitative estimate of drug-likeness (QED) is 0.713. The molecule has 6 nitrogen and oxygen atoms in total. The zero-order valence-corrected chi connectivity index (χ0v) is 12.1. The zero-order chi connectivity index (χ0) is 14.5. The third kappa shape index (κ3) is 4.30. The summed E-state index contributed by atoms with van der Waals surface area (Å²) in [7, 11) is 0.352. The Morgan fingerprint density at radius 1 is 1.16 bits per heavy atom. The van der Waals surface area contributed by atoms with Gasteiger partial charge in [0.25, 0.3) is 10.2 Å². The van der Waals surface area contributed by atoms with E-state index in [1.807, 2.05) is 30.3 Å². The monoisotopic (exact) mass is 286 g/mol. The number of ether oxygens (including phenoxy) is 1. The summed E-state index contributed by atoms with van der Waals surface area (Å²) in [6, 6.07) is 9.22. The Morgan fingerprint density at radius 3 is 2.26 bits per heavy atom. The first kappa shape index (κ1) is 15.6. The van der Waals surface area contributed by atoms with Crippen molar-refractivity contribution in [3.63, 3.8) is 0 Å². The maximum atomic E-state index is 12.1. The Kier molecular flexibility index (Phi) is 5.46. The molecule has 7 heteroatoms. The Morgan fingerprint density at radius 2 is 1.74 bits per heavy atom. The van der Waals surface area contributed by atoms with Crippen LogP contribution in [0.15, 0.2) is 30.3 Å². The summed E-state index contributed by atoms with van der Waals surface area (Å²) < 4.78 is 30.9. The first-order chi connectivity index (χ1) is 8.87. The van der Waals surface area contributed by atoms with E-state index in [9.17, 15) is 13.2 Å². The van der Waals surface area contributed by atoms with Gasteiger partial charge in [-0.2, -0.15) is 17.0 Å². The third-order valence-electron chi connectivity index (χ3n) is 2.62. The van der Waals surface area contributed by atoms with Crippen molar-refractivity contribution in [2.45, 2.75) is 6.54 Å². The van der Waals surface area contributed by atoms with E-state index < -0.39 is 16.2 Å². The molecule has 19 heavy (non-hydrogen) atoms. The number of nitrogens with zero attached hydrogens (tertiary/aromatic N) is 2. The van der Waals surface area contributed by atoms with Crippen molar-refractivity contribution in [3.8, 4) is 0 Å². The number of esters is 1. The van der Waals surface area contributed by atoms with E-state index >= 15 is 0 Å². The molecule has 0 heterocycles. The summed E-state index contributed by atoms with van der Waals surface area (Å²) in [6.07, 6.45) is 0. The molecule has 0 aromatic heterocycles. The minimum atomic E-state index is -3.68. The molecular weight excluding hydrogens is 268 g/mol. The Balaban J connectivity index is 2.74. The summed E-state index contributed by atoms with van der Waals surface area (Å²) in [4.78, 5) is 11.1. The van der Waals surface area contributed by atoms with Crippen molar-refractivity contribution in [3.05, 3.63) is 35.9 Å². The Labute approximate surface area is 113 Å². The van der Waals surface area contributed by atoms with Crippen LogP contribution >= 0.6 is 0 Å². The summed E-state index contributed by atoms with van der Waals surface area (Å²) in [6.45, 7) is -0.0628. The molecule has 0 aliphatic rings. The highest BCUT2D eigenvalue weighted by molar-refractivity contribution is 7.86. The van der Waals surface area contributed by atoms with Crippen molar-refractivity contribution < 1.29 is 17.9 Å². The third-order valence-corrected chi connectivity index (χ3v) is 4.45. The van der Waals surface area contributed by atoms with Crippen LogP contribution in [0.5, 0.6) is 0 Å². The van der Waals surface area contributed by atoms with Crippen molar-refractivity contribution in [1.29, 1.82) is 0 Å². The highest BCUT2D eigenvalue weighted by atomic mass is 32.2. The van der Waals surface area contributed by atoms with Gasteiger partial charge >= 0.3 is 5.97 Å². The van der Waals surface area contributed by atoms with Crippen LogP contribution in [0.25, 0.3) is 0 Å². The number of carbonyl (C=O) groups is 1. The first-order valence-electron chi connectivity index (χ1n) is 5.66. The van der Waals surface area contributed by atoms with Crippen LogP contribution in [0, 0.1) is 0 Å². The first-order valence-corrected chi connectivity index (χ1v) is 7.06. The molecule has 0 aliphatic carbocycles. The van der Waals surface area contributed by atoms with Gasteiger partial charge in [0.1, 0.15) is 6.54 Å². The summed E-state index contributed by atoms with van der Waals surface area (Å²) in [5, 5.41) is 0. The summed E-state index contributed by atoms with van der Waals surface area (Å²) in [5.41, 5.74) is 0.875. The topological polar surface area (TPSA) is 66.9 Å². The minimum Gasteiger partial charge on any atom is -0.468 e. The van der Waals surface area contributed by atoms with E-state index in [0.717, 1.165) is 9.87 Å². The standard InChI is InChI=1S/C12H18N2O4S/c1-13(9-11-7-5-4-6-8-11)19(16,17)14(2)10-12(15)18-3/h4-8H,9-10H2,1-3H3. The van der Waals surface area contributed by atoms with E-state index in [4.69, 9.17) is 0 Å². The number of hydrogen-bond acceptors (Lipinski definition) is 4. The fraction of sp³-hybridized carbons (Fsp3) is 0.417. The van der Waals surface area contributed by atoms with Gasteiger partial charge in [0, 0.05) is 20.6 Å². The van der Waals surface area contributed by atoms with Gasteiger partial charge < -0.3 is 4.74 Å². The zero-order valence-electron chi connectivity index (χ0n) is 11.2. The van der Waals surface area contributed by atoms with Crippen molar-refractivity contribution in [2.24, 2.45) is 0 Å². The largest absolute Gasteiger partial charge is 0.468 e. The fourth-order valence-corrected chi connectivity index (χ4v) is 2.54. The molecule has 106 valence electrons. The fourth-order valence-electron chi connectivity index (χ4n) is 1.49. The van der Waals surface area contributed by atoms with Gasteiger partial charge in [0.05, 0.1) is 7.11 Å². The maximum Gasteiger partial charge on any atom is 0.321 e. The lowest BCUT2D eigenvalue weighted by molar-refractivity contribution is -0.140. The van der Waals surface area contributed by atoms with E-state index in [-0.39, 0.29) is 13.1 Å². The second kappa shape index (κ2) is 6.65. The molecule has 0 atom stereocenters. The lowest BCUT2D eigenvalue weighted by Gasteiger charge is -2.23. The van der Waals surface area contributed by atoms with Gasteiger partial charge in [-0.3, -0.25) is 4.79 Å². The van der Waals surface area contributed by atoms with Crippen LogP contribution in [0.3, 0.4) is 0 Å². The smallest absolute Gasteiger partial charge is 0.321 e. The predicted octanol–water partition coefficient (Wildman–Crippen LogP) is 0.468. The number of hydrogen-bond donors (Lipinski definition) is 0. The maximum absolute atomic E-state index is 12.1. The number of methoxy groups -OCH3 is 1. The van der Waals surface area contributed by atoms with Gasteiger partial charge in [-0.25, -0.2) is 0 Å². The second-order valence-electron chi connectivity index (χ2n) is 4.08. The lowest BCUT2D eigenvalue weighted by Crippen LogP contribution is -2.41. The molecule has 1 aromatic carbocycles. The lowest BCUT2D eigenvalue weighted by atomic mass is 10.2. The van der Waals surface area contributed by atoms with Crippen LogP contribution in [-0.4, -0.2) is 50.7 Å². The SMILES string of the molecule is COC(=O)CN(C)S(=O)(=O)N(C)Cc1ccccc1. The molecule has 0 radical (unpaired) electrons. The highest BCUT2D eigenvalue weighted by Gasteiger charge is 2.25. The molecule has 0 saturated heterocycles. The van der Waals surface area contributed by atoms with Crippen LogP contribution in [-0.2, 0) is 26.3 Å². The molecule has 1 aromatic rings. The van der Waals surface area contributed by atoms with E-state index in [1.54, 1.807) is 0 Å². The van der Waals surface area contributed by atoms with Crippen LogP contribution in [0.1, 0.15) is 5.56 Å². The number of likely N-dealkylation sites (N-methyl/N-ethyl adjacent to an activating group) is 1. The number of rotatable bonds is 6. The predicted molar refractivity (Wildman–Crippen MR) is 71.5 cm³/mol. The van der Waals surface area contributed by atoms with Crippen molar-refractivity contribution in [2.75, 3.05) is 27.7 Å². The van der Waals surface area contributed by atoms with Gasteiger partial charge in [0.2, 0.25) is 0 Å². The minimum absolute atomic E-state index is 0.245. The molecule has 0 N–H and O–H groups in total. The molecule has 0 spiro atoms. The van der Waals surface area contributed by atoms with Crippen molar-refractivity contribution in [1.82, 2.24) is 8.61 Å². The van der Waals surface area contributed by atoms with E-state index in [0.29, 0.717) is 0 Å². The van der Waals surface area contributed by atoms with Gasteiger partial charge in [-0.15, -0.1) is 0 Å². The molecule has 1 rings (SSSR count). The highest BCUT2D eigenvalue weighted by Crippen LogP contribution is 2.09. The average Bonchev–Trinajstić information content (AvgIpc) is 2.39. The number of carbonyl (C=O) groups excluding carboxylic acids is 1. The molecule has 0 fully saturated rings. The second-order valence-corrected chi connectivity index (χ2v) is 6.22. The van der Waals surface area contributed by atoms with Crippen LogP contribution < -0.4 is 0 Å². The summed E-state index contributed by atoms with van der Waals surface area (Å²) in [5.74, 6) is -0.598. The van der Waals surface area contributed by atoms with E-state index in [1.165, 1.54) is 25.5 Å². The van der Waals surface area contributed by atoms with Gasteiger partial charge in [0.15, 0.2) is 0 Å². The van der Waals surface area contributed by atoms with Crippen LogP contribution in [0.4, 0.5) is 0 Å². The van der Waals surface area contributed by atoms with Crippen LogP contribution in [0.2, 0.25) is 0 Å². The number of benzene rings is 1. The summed E-state index contributed by atoms with van der Waals surface area (Å²) >= 11 is 0. The van der Waals surface area contributed by atoms with Crippen molar-refractivity contribution >= 4 is 16.2 Å².